The molecule has 0 aliphatic carbocycles. The van der Waals surface area contributed by atoms with Crippen LogP contribution in [0, 0.1) is 0 Å². The number of ether oxygens (including phenoxy) is 1. The number of fused-ring (bicyclic) bond motifs is 1. The lowest BCUT2D eigenvalue weighted by atomic mass is 10.0. The summed E-state index contributed by atoms with van der Waals surface area (Å²) in [5, 5.41) is 10.6. The van der Waals surface area contributed by atoms with E-state index < -0.39 is 11.6 Å². The minimum absolute atomic E-state index is 0.00363. The maximum Gasteiger partial charge on any atom is 0.252 e. The number of hydrogen-bond acceptors (Lipinski definition) is 8. The Bertz CT molecular complexity index is 997. The molecule has 4 rings (SSSR count). The third-order valence-electron chi connectivity index (χ3n) is 5.67. The van der Waals surface area contributed by atoms with Crippen LogP contribution >= 0.6 is 11.8 Å². The van der Waals surface area contributed by atoms with Crippen LogP contribution in [0.5, 0.6) is 5.75 Å². The van der Waals surface area contributed by atoms with Crippen LogP contribution in [0.1, 0.15) is 64.6 Å². The first-order valence-electron chi connectivity index (χ1n) is 11.2. The highest BCUT2D eigenvalue weighted by Crippen LogP contribution is 2.36. The van der Waals surface area contributed by atoms with Gasteiger partial charge in [-0.25, -0.2) is 5.01 Å². The molecule has 172 valence electrons. The van der Waals surface area contributed by atoms with Crippen LogP contribution in [0.4, 0.5) is 0 Å². The molecule has 0 bridgehead atoms. The van der Waals surface area contributed by atoms with Crippen LogP contribution in [-0.4, -0.2) is 57.6 Å². The first-order valence-corrected chi connectivity index (χ1v) is 12.2. The highest BCUT2D eigenvalue weighted by atomic mass is 32.2. The number of carbonyl (C=O) groups is 1. The monoisotopic (exact) mass is 456 g/mol. The highest BCUT2D eigenvalue weighted by molar-refractivity contribution is 8.14. The van der Waals surface area contributed by atoms with Gasteiger partial charge in [-0.3, -0.25) is 14.8 Å². The first kappa shape index (κ1) is 22.8. The summed E-state index contributed by atoms with van der Waals surface area (Å²) >= 11 is 1.70. The summed E-state index contributed by atoms with van der Waals surface area (Å²) in [6.07, 6.45) is 1.73. The van der Waals surface area contributed by atoms with Crippen LogP contribution in [0.2, 0.25) is 0 Å². The lowest BCUT2D eigenvalue weighted by molar-refractivity contribution is -0.124. The number of nitrogens with zero attached hydrogens (tertiary/aromatic N) is 4. The van der Waals surface area contributed by atoms with E-state index in [0.717, 1.165) is 40.6 Å². The van der Waals surface area contributed by atoms with Crippen LogP contribution in [0.3, 0.4) is 0 Å². The Morgan fingerprint density at radius 3 is 2.75 bits per heavy atom. The minimum atomic E-state index is -0.453. The Kier molecular flexibility index (Phi) is 6.31. The van der Waals surface area contributed by atoms with E-state index in [9.17, 15) is 4.79 Å². The number of thioether (sulfide) groups is 1. The van der Waals surface area contributed by atoms with Gasteiger partial charge in [0.05, 0.1) is 34.8 Å². The summed E-state index contributed by atoms with van der Waals surface area (Å²) in [5.74, 6) is 2.78. The fraction of sp³-hybridized carbons (Fsp3) is 0.565. The van der Waals surface area contributed by atoms with E-state index >= 15 is 0 Å². The summed E-state index contributed by atoms with van der Waals surface area (Å²) in [7, 11) is 0. The predicted octanol–water partition coefficient (Wildman–Crippen LogP) is 3.07. The van der Waals surface area contributed by atoms with E-state index in [-0.39, 0.29) is 18.0 Å². The van der Waals surface area contributed by atoms with Crippen molar-refractivity contribution in [2.75, 3.05) is 12.4 Å². The second kappa shape index (κ2) is 8.86. The van der Waals surface area contributed by atoms with Crippen LogP contribution in [0.15, 0.2) is 33.3 Å². The van der Waals surface area contributed by atoms with Crippen molar-refractivity contribution in [3.05, 3.63) is 29.3 Å². The molecule has 0 spiro atoms. The van der Waals surface area contributed by atoms with Crippen molar-refractivity contribution in [1.29, 1.82) is 0 Å². The van der Waals surface area contributed by atoms with E-state index in [2.05, 4.69) is 17.2 Å². The van der Waals surface area contributed by atoms with E-state index in [4.69, 9.17) is 20.6 Å². The second-order valence-electron chi connectivity index (χ2n) is 8.93. The van der Waals surface area contributed by atoms with Gasteiger partial charge >= 0.3 is 0 Å². The van der Waals surface area contributed by atoms with Crippen LogP contribution < -0.4 is 15.8 Å². The van der Waals surface area contributed by atoms with Crippen molar-refractivity contribution in [1.82, 2.24) is 10.3 Å². The molecular weight excluding hydrogens is 424 g/mol. The number of nitrogens with one attached hydrogen (secondary N) is 1. The Morgan fingerprint density at radius 1 is 1.31 bits per heavy atom. The van der Waals surface area contributed by atoms with E-state index in [0.29, 0.717) is 18.2 Å². The minimum Gasteiger partial charge on any atom is -0.493 e. The van der Waals surface area contributed by atoms with Crippen LogP contribution in [-0.2, 0) is 4.79 Å². The Hall–Kier alpha value is -2.39. The van der Waals surface area contributed by atoms with Gasteiger partial charge in [-0.05, 0) is 51.8 Å². The Balaban J connectivity index is 1.72. The molecule has 1 aromatic carbocycles. The molecule has 3 heterocycles. The maximum atomic E-state index is 13.0. The number of hydrazone groups is 1. The smallest absolute Gasteiger partial charge is 0.252 e. The quantitative estimate of drug-likeness (QED) is 0.656. The van der Waals surface area contributed by atoms with Crippen LogP contribution in [0.25, 0.3) is 0 Å². The number of amides is 1. The molecule has 32 heavy (non-hydrogen) atoms. The van der Waals surface area contributed by atoms with E-state index in [1.54, 1.807) is 16.8 Å². The zero-order valence-electron chi connectivity index (χ0n) is 19.4. The van der Waals surface area contributed by atoms with Crippen molar-refractivity contribution in [3.63, 3.8) is 0 Å². The Morgan fingerprint density at radius 2 is 2.09 bits per heavy atom. The predicted molar refractivity (Wildman–Crippen MR) is 131 cm³/mol. The molecule has 0 saturated heterocycles. The molecule has 3 aliphatic heterocycles. The molecule has 1 aromatic rings. The molecule has 8 nitrogen and oxygen atoms in total. The summed E-state index contributed by atoms with van der Waals surface area (Å²) in [6.45, 7) is 10.5. The lowest BCUT2D eigenvalue weighted by Gasteiger charge is -2.30. The van der Waals surface area contributed by atoms with Crippen molar-refractivity contribution in [2.24, 2.45) is 20.8 Å². The largest absolute Gasteiger partial charge is 0.493 e. The van der Waals surface area contributed by atoms with Gasteiger partial charge in [0.1, 0.15) is 11.6 Å². The Labute approximate surface area is 193 Å². The zero-order valence-corrected chi connectivity index (χ0v) is 20.2. The van der Waals surface area contributed by atoms with Crippen molar-refractivity contribution in [2.45, 2.75) is 71.1 Å². The normalized spacial score (nSPS) is 25.2. The SMILES string of the molecule is CCCC1=NC(C)C2C(=O)NC(c3cc(C4CSC(C(C)(C)N)=N4)ccc3OCC)=NN12. The van der Waals surface area contributed by atoms with E-state index in [1.165, 1.54) is 0 Å². The number of hydrogen-bond donors (Lipinski definition) is 2. The standard InChI is InChI=1S/C23H32N6O2S/c1-6-8-18-25-13(3)19-21(30)27-20(28-29(18)19)15-11-14(9-10-17(15)31-7-2)16-12-32-22(26-16)23(4,5)24/h9-11,13,16,19H,6-8,12,24H2,1-5H3,(H,27,28,30). The van der Waals surface area contributed by atoms with Gasteiger partial charge < -0.3 is 15.8 Å². The molecule has 0 aromatic heterocycles. The molecule has 3 N–H and O–H groups in total. The van der Waals surface area contributed by atoms with Gasteiger partial charge in [0, 0.05) is 12.2 Å². The fourth-order valence-corrected chi connectivity index (χ4v) is 5.30. The fourth-order valence-electron chi connectivity index (χ4n) is 4.15. The number of carbonyl (C=O) groups excluding carboxylic acids is 1. The number of benzene rings is 1. The van der Waals surface area contributed by atoms with Gasteiger partial charge in [0.2, 0.25) is 0 Å². The molecule has 3 aliphatic rings. The van der Waals surface area contributed by atoms with E-state index in [1.807, 2.05) is 45.9 Å². The van der Waals surface area contributed by atoms with Gasteiger partial charge in [0.15, 0.2) is 11.9 Å². The third-order valence-corrected chi connectivity index (χ3v) is 7.06. The average molecular weight is 457 g/mol. The molecule has 9 heteroatoms. The summed E-state index contributed by atoms with van der Waals surface area (Å²) in [4.78, 5) is 22.5. The molecular formula is C23H32N6O2S. The highest BCUT2D eigenvalue weighted by Gasteiger charge is 2.42. The first-order chi connectivity index (χ1) is 15.2. The molecule has 0 fully saturated rings. The van der Waals surface area contributed by atoms with Gasteiger partial charge in [-0.1, -0.05) is 13.0 Å². The lowest BCUT2D eigenvalue weighted by Crippen LogP contribution is -2.54. The number of amidine groups is 2. The average Bonchev–Trinajstić information content (AvgIpc) is 3.35. The summed E-state index contributed by atoms with van der Waals surface area (Å²) in [6, 6.07) is 5.48. The van der Waals surface area contributed by atoms with Gasteiger partial charge in [-0.2, -0.15) is 5.10 Å². The molecule has 3 atom stereocenters. The second-order valence-corrected chi connectivity index (χ2v) is 9.94. The summed E-state index contributed by atoms with van der Waals surface area (Å²) in [5.41, 5.74) is 7.60. The van der Waals surface area contributed by atoms with Crippen molar-refractivity contribution < 1.29 is 9.53 Å². The number of nitrogens with two attached hydrogens (primary N) is 1. The van der Waals surface area contributed by atoms with Gasteiger partial charge in [-0.15, -0.1) is 11.8 Å². The maximum absolute atomic E-state index is 13.0. The molecule has 1 amide bonds. The molecule has 0 radical (unpaired) electrons. The topological polar surface area (TPSA) is 105 Å². The van der Waals surface area contributed by atoms with Gasteiger partial charge in [0.25, 0.3) is 5.91 Å². The molecule has 3 unspecified atom stereocenters. The number of rotatable bonds is 7. The van der Waals surface area contributed by atoms with Crippen molar-refractivity contribution in [3.8, 4) is 5.75 Å². The zero-order chi connectivity index (χ0) is 23.0. The van der Waals surface area contributed by atoms with Crippen molar-refractivity contribution >= 4 is 34.4 Å². The summed E-state index contributed by atoms with van der Waals surface area (Å²) < 4.78 is 5.88. The number of aliphatic imine (C=N–C) groups is 2. The molecule has 0 saturated carbocycles. The third kappa shape index (κ3) is 4.28.